The van der Waals surface area contributed by atoms with Gasteiger partial charge >= 0.3 is 5.97 Å². The topological polar surface area (TPSA) is 98.0 Å². The fraction of sp³-hybridized carbons (Fsp3) is 0.190. The normalized spacial score (nSPS) is 14.2. The lowest BCUT2D eigenvalue weighted by Crippen LogP contribution is -2.43. The molecule has 0 unspecified atom stereocenters. The van der Waals surface area contributed by atoms with Crippen molar-refractivity contribution in [2.45, 2.75) is 26.5 Å². The Morgan fingerprint density at radius 1 is 1.07 bits per heavy atom. The zero-order chi connectivity index (χ0) is 20.7. The Morgan fingerprint density at radius 2 is 1.72 bits per heavy atom. The van der Waals surface area contributed by atoms with E-state index in [9.17, 15) is 19.2 Å². The highest BCUT2D eigenvalue weighted by atomic mass is 16.5. The van der Waals surface area contributed by atoms with E-state index >= 15 is 0 Å². The molecule has 146 valence electrons. The summed E-state index contributed by atoms with van der Waals surface area (Å²) in [5.41, 5.74) is 1.79. The summed E-state index contributed by atoms with van der Waals surface area (Å²) in [4.78, 5) is 55.0. The number of nitrogens with zero attached hydrogens (tertiary/aromatic N) is 3. The van der Waals surface area contributed by atoms with E-state index in [2.05, 4.69) is 4.98 Å². The second kappa shape index (κ2) is 6.97. The van der Waals surface area contributed by atoms with Crippen molar-refractivity contribution in [3.63, 3.8) is 0 Å². The average Bonchev–Trinajstić information content (AvgIpc) is 2.97. The van der Waals surface area contributed by atoms with E-state index < -0.39 is 23.8 Å². The number of fused-ring (bicyclic) bond motifs is 2. The van der Waals surface area contributed by atoms with Gasteiger partial charge in [0, 0.05) is 12.3 Å². The minimum absolute atomic E-state index is 0.244. The number of esters is 1. The van der Waals surface area contributed by atoms with Crippen LogP contribution in [0.4, 0.5) is 0 Å². The minimum Gasteiger partial charge on any atom is -0.458 e. The van der Waals surface area contributed by atoms with E-state index in [1.165, 1.54) is 17.4 Å². The minimum atomic E-state index is -1.11. The predicted octanol–water partition coefficient (Wildman–Crippen LogP) is 1.73. The molecule has 1 atom stereocenters. The van der Waals surface area contributed by atoms with Gasteiger partial charge in [-0.2, -0.15) is 0 Å². The quantitative estimate of drug-likeness (QED) is 0.496. The molecule has 0 aliphatic carbocycles. The molecule has 0 saturated carbocycles. The summed E-state index contributed by atoms with van der Waals surface area (Å²) < 4.78 is 6.65. The number of carbonyl (C=O) groups excluding carboxylic acids is 3. The molecule has 3 aromatic rings. The van der Waals surface area contributed by atoms with E-state index in [4.69, 9.17) is 4.74 Å². The Hall–Kier alpha value is -3.81. The molecular weight excluding hydrogens is 374 g/mol. The van der Waals surface area contributed by atoms with Crippen molar-refractivity contribution in [1.29, 1.82) is 0 Å². The van der Waals surface area contributed by atoms with Crippen LogP contribution in [-0.4, -0.2) is 38.1 Å². The molecule has 3 heterocycles. The predicted molar refractivity (Wildman–Crippen MR) is 102 cm³/mol. The number of ether oxygens (including phenoxy) is 1. The van der Waals surface area contributed by atoms with Crippen molar-refractivity contribution in [1.82, 2.24) is 14.3 Å². The van der Waals surface area contributed by atoms with Crippen LogP contribution in [0.5, 0.6) is 0 Å². The fourth-order valence-electron chi connectivity index (χ4n) is 3.31. The first-order valence-electron chi connectivity index (χ1n) is 9.00. The summed E-state index contributed by atoms with van der Waals surface area (Å²) in [6.07, 6.45) is 1.61. The molecule has 0 bridgehead atoms. The molecule has 0 saturated heterocycles. The molecule has 1 aromatic carbocycles. The zero-order valence-corrected chi connectivity index (χ0v) is 15.8. The third kappa shape index (κ3) is 3.08. The average molecular weight is 391 g/mol. The van der Waals surface area contributed by atoms with Crippen LogP contribution in [0.3, 0.4) is 0 Å². The molecule has 0 N–H and O–H groups in total. The smallest absolute Gasteiger partial charge is 0.329 e. The third-order valence-electron chi connectivity index (χ3n) is 4.86. The third-order valence-corrected chi connectivity index (χ3v) is 4.86. The van der Waals surface area contributed by atoms with Crippen LogP contribution in [0.1, 0.15) is 38.9 Å². The van der Waals surface area contributed by atoms with Gasteiger partial charge in [-0.15, -0.1) is 0 Å². The molecule has 1 aliphatic heterocycles. The fourth-order valence-corrected chi connectivity index (χ4v) is 3.31. The van der Waals surface area contributed by atoms with Gasteiger partial charge in [0.1, 0.15) is 18.3 Å². The van der Waals surface area contributed by atoms with E-state index in [-0.39, 0.29) is 29.0 Å². The van der Waals surface area contributed by atoms with Crippen LogP contribution in [-0.2, 0) is 16.1 Å². The Labute approximate surface area is 165 Å². The van der Waals surface area contributed by atoms with Gasteiger partial charge in [0.25, 0.3) is 17.4 Å². The van der Waals surface area contributed by atoms with Crippen LogP contribution < -0.4 is 5.56 Å². The van der Waals surface area contributed by atoms with Crippen LogP contribution in [0, 0.1) is 6.92 Å². The summed E-state index contributed by atoms with van der Waals surface area (Å²) in [5, 5.41) is 0. The van der Waals surface area contributed by atoms with E-state index in [1.54, 1.807) is 36.5 Å². The Bertz CT molecular complexity index is 1200. The van der Waals surface area contributed by atoms with Crippen LogP contribution in [0.25, 0.3) is 5.65 Å². The lowest BCUT2D eigenvalue weighted by molar-refractivity contribution is -0.149. The van der Waals surface area contributed by atoms with Crippen molar-refractivity contribution in [2.75, 3.05) is 0 Å². The van der Waals surface area contributed by atoms with Crippen molar-refractivity contribution >= 4 is 23.4 Å². The van der Waals surface area contributed by atoms with Crippen LogP contribution in [0.15, 0.2) is 53.5 Å². The van der Waals surface area contributed by atoms with Gasteiger partial charge in [0.05, 0.1) is 16.8 Å². The van der Waals surface area contributed by atoms with Crippen molar-refractivity contribution in [2.24, 2.45) is 0 Å². The first kappa shape index (κ1) is 18.5. The van der Waals surface area contributed by atoms with Gasteiger partial charge in [-0.3, -0.25) is 23.7 Å². The summed E-state index contributed by atoms with van der Waals surface area (Å²) in [5.74, 6) is -1.83. The molecule has 2 aromatic heterocycles. The molecule has 0 fully saturated rings. The van der Waals surface area contributed by atoms with Crippen LogP contribution >= 0.6 is 0 Å². The summed E-state index contributed by atoms with van der Waals surface area (Å²) in [6, 6.07) is 10.1. The summed E-state index contributed by atoms with van der Waals surface area (Å²) >= 11 is 0. The van der Waals surface area contributed by atoms with Gasteiger partial charge in [-0.1, -0.05) is 18.2 Å². The Kier molecular flexibility index (Phi) is 4.46. The van der Waals surface area contributed by atoms with Gasteiger partial charge in [-0.05, 0) is 37.6 Å². The highest BCUT2D eigenvalue weighted by Gasteiger charge is 2.41. The number of benzene rings is 1. The molecule has 0 spiro atoms. The van der Waals surface area contributed by atoms with E-state index in [0.29, 0.717) is 5.65 Å². The lowest BCUT2D eigenvalue weighted by atomic mass is 10.1. The number of carbonyl (C=O) groups is 3. The number of rotatable bonds is 4. The number of aryl methyl sites for hydroxylation is 1. The van der Waals surface area contributed by atoms with Crippen LogP contribution in [0.2, 0.25) is 0 Å². The standard InChI is InChI=1S/C21H17N3O5/c1-12-6-5-9-23-17(25)10-14(22-18(12)23)11-29-21(28)13(2)24-19(26)15-7-3-4-8-16(15)20(24)27/h3-10,13H,11H2,1-2H3/t13-/m0/s1. The van der Waals surface area contributed by atoms with Gasteiger partial charge in [-0.25, -0.2) is 9.78 Å². The second-order valence-corrected chi connectivity index (χ2v) is 6.78. The van der Waals surface area contributed by atoms with E-state index in [1.807, 2.05) is 13.0 Å². The molecule has 29 heavy (non-hydrogen) atoms. The lowest BCUT2D eigenvalue weighted by Gasteiger charge is -2.20. The number of amides is 2. The highest BCUT2D eigenvalue weighted by Crippen LogP contribution is 2.24. The molecular formula is C21H17N3O5. The Morgan fingerprint density at radius 3 is 2.38 bits per heavy atom. The monoisotopic (exact) mass is 391 g/mol. The Balaban J connectivity index is 1.51. The maximum atomic E-state index is 12.5. The van der Waals surface area contributed by atoms with Crippen molar-refractivity contribution < 1.29 is 19.1 Å². The number of imide groups is 1. The number of pyridine rings is 1. The first-order valence-corrected chi connectivity index (χ1v) is 9.00. The maximum Gasteiger partial charge on any atom is 0.329 e. The number of hydrogen-bond donors (Lipinski definition) is 0. The molecule has 2 amide bonds. The van der Waals surface area contributed by atoms with Gasteiger partial charge in [0.2, 0.25) is 0 Å². The molecule has 8 nitrogen and oxygen atoms in total. The van der Waals surface area contributed by atoms with E-state index in [0.717, 1.165) is 10.5 Å². The maximum absolute atomic E-state index is 12.5. The van der Waals surface area contributed by atoms with Crippen molar-refractivity contribution in [3.8, 4) is 0 Å². The molecule has 0 radical (unpaired) electrons. The second-order valence-electron chi connectivity index (χ2n) is 6.78. The van der Waals surface area contributed by atoms with Crippen molar-refractivity contribution in [3.05, 3.63) is 81.4 Å². The zero-order valence-electron chi connectivity index (χ0n) is 15.8. The summed E-state index contributed by atoms with van der Waals surface area (Å²) in [6.45, 7) is 3.01. The summed E-state index contributed by atoms with van der Waals surface area (Å²) in [7, 11) is 0. The first-order chi connectivity index (χ1) is 13.9. The highest BCUT2D eigenvalue weighted by molar-refractivity contribution is 6.22. The SMILES string of the molecule is Cc1cccn2c(=O)cc(COC(=O)[C@H](C)N3C(=O)c4ccccc4C3=O)nc12. The largest absolute Gasteiger partial charge is 0.458 e. The van der Waals surface area contributed by atoms with Gasteiger partial charge in [0.15, 0.2) is 0 Å². The van der Waals surface area contributed by atoms with Gasteiger partial charge < -0.3 is 4.74 Å². The molecule has 4 rings (SSSR count). The number of hydrogen-bond acceptors (Lipinski definition) is 6. The molecule has 1 aliphatic rings. The molecule has 8 heteroatoms. The number of aromatic nitrogens is 2.